The molecular weight excluding hydrogens is 134 g/mol. The fraction of sp³-hybridized carbons (Fsp3) is 0.143. The highest BCUT2D eigenvalue weighted by molar-refractivity contribution is 6.30. The third kappa shape index (κ3) is 1.61. The van der Waals surface area contributed by atoms with Gasteiger partial charge in [0.2, 0.25) is 0 Å². The third-order valence-corrected chi connectivity index (χ3v) is 1.27. The molecule has 1 rings (SSSR count). The molecule has 9 heavy (non-hydrogen) atoms. The van der Waals surface area contributed by atoms with E-state index in [1.165, 1.54) is 0 Å². The van der Waals surface area contributed by atoms with Crippen LogP contribution in [-0.2, 0) is 0 Å². The van der Waals surface area contributed by atoms with E-state index in [0.717, 1.165) is 5.69 Å². The summed E-state index contributed by atoms with van der Waals surface area (Å²) in [5.74, 6) is 0. The topological polar surface area (TPSA) is 12.0 Å². The van der Waals surface area contributed by atoms with Gasteiger partial charge in [-0.3, -0.25) is 0 Å². The van der Waals surface area contributed by atoms with Gasteiger partial charge in [-0.05, 0) is 12.1 Å². The highest BCUT2D eigenvalue weighted by Crippen LogP contribution is 2.12. The van der Waals surface area contributed by atoms with Crippen LogP contribution in [0, 0.1) is 6.07 Å². The van der Waals surface area contributed by atoms with E-state index in [2.05, 4.69) is 11.4 Å². The van der Waals surface area contributed by atoms with Crippen LogP contribution in [0.3, 0.4) is 0 Å². The van der Waals surface area contributed by atoms with Gasteiger partial charge in [-0.2, -0.15) is 0 Å². The lowest BCUT2D eigenvalue weighted by Gasteiger charge is -1.96. The summed E-state index contributed by atoms with van der Waals surface area (Å²) in [5, 5.41) is 3.60. The first-order valence-electron chi connectivity index (χ1n) is 2.68. The maximum absolute atomic E-state index is 5.63. The van der Waals surface area contributed by atoms with E-state index in [1.54, 1.807) is 6.07 Å². The average molecular weight is 141 g/mol. The normalized spacial score (nSPS) is 9.11. The Morgan fingerprint density at radius 3 is 2.89 bits per heavy atom. The maximum Gasteiger partial charge on any atom is 0.0505 e. The van der Waals surface area contributed by atoms with E-state index in [1.807, 2.05) is 19.2 Å². The van der Waals surface area contributed by atoms with Crippen LogP contribution in [0.25, 0.3) is 0 Å². The van der Waals surface area contributed by atoms with Crippen LogP contribution in [0.5, 0.6) is 0 Å². The molecule has 0 saturated heterocycles. The molecule has 0 amide bonds. The molecule has 0 bridgehead atoms. The molecule has 0 unspecified atom stereocenters. The quantitative estimate of drug-likeness (QED) is 0.631. The molecule has 0 aliphatic carbocycles. The van der Waals surface area contributed by atoms with Gasteiger partial charge in [0, 0.05) is 18.8 Å². The van der Waals surface area contributed by atoms with E-state index >= 15 is 0 Å². The lowest BCUT2D eigenvalue weighted by molar-refractivity contribution is 1.51. The van der Waals surface area contributed by atoms with Crippen LogP contribution in [-0.4, -0.2) is 7.05 Å². The van der Waals surface area contributed by atoms with Gasteiger partial charge in [0.15, 0.2) is 0 Å². The summed E-state index contributed by atoms with van der Waals surface area (Å²) in [6, 6.07) is 8.35. The summed E-state index contributed by atoms with van der Waals surface area (Å²) in [7, 11) is 1.85. The molecule has 0 spiro atoms. The minimum absolute atomic E-state index is 0.641. The van der Waals surface area contributed by atoms with Crippen molar-refractivity contribution in [2.24, 2.45) is 0 Å². The Morgan fingerprint density at radius 1 is 1.67 bits per heavy atom. The molecular formula is C7H7ClN. The summed E-state index contributed by atoms with van der Waals surface area (Å²) < 4.78 is 0. The zero-order valence-corrected chi connectivity index (χ0v) is 5.87. The Kier molecular flexibility index (Phi) is 1.96. The minimum Gasteiger partial charge on any atom is -0.388 e. The van der Waals surface area contributed by atoms with E-state index in [4.69, 9.17) is 11.6 Å². The molecule has 1 aromatic carbocycles. The molecule has 0 aromatic heterocycles. The molecule has 0 aliphatic heterocycles. The second-order valence-electron chi connectivity index (χ2n) is 1.68. The standard InChI is InChI=1S/C7H7ClN/c1-9-7-4-2-3-6(8)5-7/h2,4-5,9H,1H3. The van der Waals surface area contributed by atoms with Crippen molar-refractivity contribution in [3.05, 3.63) is 29.3 Å². The lowest BCUT2D eigenvalue weighted by Crippen LogP contribution is -1.85. The van der Waals surface area contributed by atoms with Gasteiger partial charge >= 0.3 is 0 Å². The van der Waals surface area contributed by atoms with Crippen LogP contribution in [0.2, 0.25) is 5.02 Å². The van der Waals surface area contributed by atoms with Crippen LogP contribution < -0.4 is 5.32 Å². The molecule has 1 N–H and O–H groups in total. The van der Waals surface area contributed by atoms with E-state index in [0.29, 0.717) is 5.02 Å². The van der Waals surface area contributed by atoms with E-state index < -0.39 is 0 Å². The van der Waals surface area contributed by atoms with Gasteiger partial charge in [0.1, 0.15) is 0 Å². The van der Waals surface area contributed by atoms with Crippen molar-refractivity contribution < 1.29 is 0 Å². The number of hydrogen-bond acceptors (Lipinski definition) is 1. The van der Waals surface area contributed by atoms with Crippen molar-refractivity contribution in [2.45, 2.75) is 0 Å². The Morgan fingerprint density at radius 2 is 2.44 bits per heavy atom. The van der Waals surface area contributed by atoms with E-state index in [-0.39, 0.29) is 0 Å². The molecule has 0 saturated carbocycles. The first-order valence-corrected chi connectivity index (χ1v) is 3.05. The van der Waals surface area contributed by atoms with Crippen LogP contribution >= 0.6 is 11.6 Å². The first kappa shape index (κ1) is 6.43. The molecule has 1 radical (unpaired) electrons. The van der Waals surface area contributed by atoms with Crippen LogP contribution in [0.15, 0.2) is 18.2 Å². The van der Waals surface area contributed by atoms with Gasteiger partial charge in [-0.25, -0.2) is 0 Å². The minimum atomic E-state index is 0.641. The maximum atomic E-state index is 5.63. The number of rotatable bonds is 1. The summed E-state index contributed by atoms with van der Waals surface area (Å²) >= 11 is 5.63. The molecule has 1 nitrogen and oxygen atoms in total. The van der Waals surface area contributed by atoms with Crippen molar-refractivity contribution >= 4 is 17.3 Å². The zero-order valence-electron chi connectivity index (χ0n) is 5.11. The molecule has 2 heteroatoms. The van der Waals surface area contributed by atoms with Gasteiger partial charge < -0.3 is 5.32 Å². The number of nitrogens with one attached hydrogen (secondary N) is 1. The van der Waals surface area contributed by atoms with Crippen LogP contribution in [0.4, 0.5) is 5.69 Å². The summed E-state index contributed by atoms with van der Waals surface area (Å²) in [6.07, 6.45) is 0. The number of benzene rings is 1. The Hall–Kier alpha value is -0.690. The van der Waals surface area contributed by atoms with Crippen molar-refractivity contribution in [1.82, 2.24) is 0 Å². The smallest absolute Gasteiger partial charge is 0.0505 e. The number of anilines is 1. The summed E-state index contributed by atoms with van der Waals surface area (Å²) in [4.78, 5) is 0. The predicted octanol–water partition coefficient (Wildman–Crippen LogP) is 2.18. The molecule has 0 atom stereocenters. The largest absolute Gasteiger partial charge is 0.388 e. The monoisotopic (exact) mass is 140 g/mol. The third-order valence-electron chi connectivity index (χ3n) is 1.06. The van der Waals surface area contributed by atoms with Gasteiger partial charge in [0.25, 0.3) is 0 Å². The van der Waals surface area contributed by atoms with Crippen LogP contribution in [0.1, 0.15) is 0 Å². The Balaban J connectivity index is 2.94. The van der Waals surface area contributed by atoms with Gasteiger partial charge in [-0.1, -0.05) is 17.7 Å². The number of halogens is 1. The highest BCUT2D eigenvalue weighted by Gasteiger charge is 1.87. The van der Waals surface area contributed by atoms with Gasteiger partial charge in [0.05, 0.1) is 5.02 Å². The Bertz CT molecular complexity index is 198. The SMILES string of the molecule is CNc1cc[c]c(Cl)c1. The summed E-state index contributed by atoms with van der Waals surface area (Å²) in [5.41, 5.74) is 1.01. The number of hydrogen-bond donors (Lipinski definition) is 1. The average Bonchev–Trinajstić information content (AvgIpc) is 1.88. The Labute approximate surface area is 59.6 Å². The summed E-state index contributed by atoms with van der Waals surface area (Å²) in [6.45, 7) is 0. The second-order valence-corrected chi connectivity index (χ2v) is 2.08. The molecule has 0 fully saturated rings. The van der Waals surface area contributed by atoms with Gasteiger partial charge in [-0.15, -0.1) is 0 Å². The highest BCUT2D eigenvalue weighted by atomic mass is 35.5. The molecule has 47 valence electrons. The van der Waals surface area contributed by atoms with Crippen molar-refractivity contribution in [3.63, 3.8) is 0 Å². The van der Waals surface area contributed by atoms with Crippen molar-refractivity contribution in [1.29, 1.82) is 0 Å². The second kappa shape index (κ2) is 2.74. The molecule has 0 aliphatic rings. The zero-order chi connectivity index (χ0) is 6.69. The fourth-order valence-electron chi connectivity index (χ4n) is 0.593. The van der Waals surface area contributed by atoms with E-state index in [9.17, 15) is 0 Å². The lowest BCUT2D eigenvalue weighted by atomic mass is 10.3. The molecule has 1 aromatic rings. The first-order chi connectivity index (χ1) is 4.33. The fourth-order valence-corrected chi connectivity index (χ4v) is 0.773. The van der Waals surface area contributed by atoms with Crippen molar-refractivity contribution in [2.75, 3.05) is 12.4 Å². The molecule has 0 heterocycles. The van der Waals surface area contributed by atoms with Crippen molar-refractivity contribution in [3.8, 4) is 0 Å². The predicted molar refractivity (Wildman–Crippen MR) is 39.8 cm³/mol.